The average Bonchev–Trinajstić information content (AvgIpc) is 3.12. The third-order valence-electron chi connectivity index (χ3n) is 4.11. The van der Waals surface area contributed by atoms with Gasteiger partial charge in [0.25, 0.3) is 0 Å². The smallest absolute Gasteiger partial charge is 0.358 e. The fourth-order valence-corrected chi connectivity index (χ4v) is 2.80. The van der Waals surface area contributed by atoms with E-state index in [1.165, 1.54) is 10.7 Å². The van der Waals surface area contributed by atoms with E-state index in [0.717, 1.165) is 10.8 Å². The van der Waals surface area contributed by atoms with E-state index in [-0.39, 0.29) is 36.9 Å². The van der Waals surface area contributed by atoms with Gasteiger partial charge in [0.05, 0.1) is 13.2 Å². The Bertz CT molecular complexity index is 1040. The summed E-state index contributed by atoms with van der Waals surface area (Å²) < 4.78 is 11.1. The number of ether oxygens (including phenoxy) is 2. The van der Waals surface area contributed by atoms with E-state index in [1.54, 1.807) is 26.0 Å². The van der Waals surface area contributed by atoms with Crippen LogP contribution in [0.1, 0.15) is 45.2 Å². The molecule has 0 fully saturated rings. The molecule has 0 saturated carbocycles. The van der Waals surface area contributed by atoms with Crippen molar-refractivity contribution in [3.63, 3.8) is 0 Å². The summed E-state index contributed by atoms with van der Waals surface area (Å²) >= 11 is 0. The van der Waals surface area contributed by atoms with E-state index in [2.05, 4.69) is 5.10 Å². The molecule has 7 nitrogen and oxygen atoms in total. The summed E-state index contributed by atoms with van der Waals surface area (Å²) in [5.41, 5.74) is 0.469. The van der Waals surface area contributed by atoms with Gasteiger partial charge in [-0.05, 0) is 30.7 Å². The molecule has 0 atom stereocenters. The largest absolute Gasteiger partial charge is 0.461 e. The first-order chi connectivity index (χ1) is 13.5. The lowest BCUT2D eigenvalue weighted by atomic mass is 10.0. The number of fused-ring (bicyclic) bond motifs is 1. The maximum Gasteiger partial charge on any atom is 0.358 e. The Morgan fingerprint density at radius 3 is 2.29 bits per heavy atom. The highest BCUT2D eigenvalue weighted by molar-refractivity contribution is 6.00. The van der Waals surface area contributed by atoms with Gasteiger partial charge in [-0.3, -0.25) is 4.79 Å². The van der Waals surface area contributed by atoms with Gasteiger partial charge >= 0.3 is 11.9 Å². The lowest BCUT2D eigenvalue weighted by molar-refractivity contribution is 0.0505. The van der Waals surface area contributed by atoms with Crippen LogP contribution in [0, 0.1) is 0 Å². The minimum absolute atomic E-state index is 0.0269. The number of carbonyl (C=O) groups excluding carboxylic acids is 3. The molecule has 0 aliphatic heterocycles. The highest BCUT2D eigenvalue weighted by atomic mass is 16.5. The molecule has 0 unspecified atom stereocenters. The Kier molecular flexibility index (Phi) is 5.84. The average molecular weight is 380 g/mol. The number of nitrogens with zero attached hydrogens (tertiary/aromatic N) is 2. The zero-order chi connectivity index (χ0) is 20.1. The van der Waals surface area contributed by atoms with Crippen LogP contribution in [0.25, 0.3) is 10.8 Å². The molecule has 3 rings (SSSR count). The number of esters is 2. The number of carbonyl (C=O) groups is 3. The van der Waals surface area contributed by atoms with Gasteiger partial charge < -0.3 is 9.47 Å². The van der Waals surface area contributed by atoms with Crippen LogP contribution in [-0.4, -0.2) is 40.7 Å². The molecule has 0 radical (unpaired) electrons. The number of aromatic nitrogens is 2. The second-order valence-corrected chi connectivity index (χ2v) is 6.00. The zero-order valence-electron chi connectivity index (χ0n) is 15.7. The molecule has 0 saturated heterocycles. The molecule has 0 bridgehead atoms. The summed E-state index contributed by atoms with van der Waals surface area (Å²) in [7, 11) is 0. The molecule has 3 aromatic rings. The Hall–Kier alpha value is -3.48. The van der Waals surface area contributed by atoms with E-state index in [1.807, 2.05) is 30.3 Å². The lowest BCUT2D eigenvalue weighted by Gasteiger charge is -2.07. The number of Topliss-reactive ketones (excluding diaryl/α,β-unsaturated/α-hetero) is 1. The van der Waals surface area contributed by atoms with Crippen molar-refractivity contribution in [2.45, 2.75) is 20.4 Å². The predicted octanol–water partition coefficient (Wildman–Crippen LogP) is 3.27. The summed E-state index contributed by atoms with van der Waals surface area (Å²) in [5.74, 6) is -1.56. The number of rotatable bonds is 7. The van der Waals surface area contributed by atoms with Crippen LogP contribution < -0.4 is 0 Å². The van der Waals surface area contributed by atoms with E-state index >= 15 is 0 Å². The van der Waals surface area contributed by atoms with Crippen molar-refractivity contribution in [2.75, 3.05) is 13.2 Å². The third-order valence-corrected chi connectivity index (χ3v) is 4.11. The first-order valence-corrected chi connectivity index (χ1v) is 8.97. The van der Waals surface area contributed by atoms with Crippen LogP contribution in [0.4, 0.5) is 0 Å². The molecule has 0 spiro atoms. The van der Waals surface area contributed by atoms with Gasteiger partial charge in [0, 0.05) is 11.6 Å². The minimum atomic E-state index is -0.662. The minimum Gasteiger partial charge on any atom is -0.461 e. The third kappa shape index (κ3) is 4.09. The van der Waals surface area contributed by atoms with Crippen molar-refractivity contribution in [3.8, 4) is 0 Å². The molecule has 1 aromatic heterocycles. The van der Waals surface area contributed by atoms with Crippen LogP contribution in [0.3, 0.4) is 0 Å². The first-order valence-electron chi connectivity index (χ1n) is 8.97. The zero-order valence-corrected chi connectivity index (χ0v) is 15.7. The molecule has 28 heavy (non-hydrogen) atoms. The van der Waals surface area contributed by atoms with E-state index in [9.17, 15) is 14.4 Å². The molecule has 7 heteroatoms. The van der Waals surface area contributed by atoms with Crippen molar-refractivity contribution >= 4 is 28.5 Å². The van der Waals surface area contributed by atoms with Gasteiger partial charge in [-0.25, -0.2) is 14.3 Å². The second kappa shape index (κ2) is 8.47. The van der Waals surface area contributed by atoms with E-state index < -0.39 is 11.9 Å². The topological polar surface area (TPSA) is 87.5 Å². The Balaban J connectivity index is 1.91. The Morgan fingerprint density at radius 1 is 0.893 bits per heavy atom. The molecule has 0 aliphatic carbocycles. The number of ketones is 1. The van der Waals surface area contributed by atoms with E-state index in [0.29, 0.717) is 5.56 Å². The molecule has 144 valence electrons. The fraction of sp³-hybridized carbons (Fsp3) is 0.238. The number of hydrogen-bond donors (Lipinski definition) is 0. The summed E-state index contributed by atoms with van der Waals surface area (Å²) in [4.78, 5) is 36.9. The predicted molar refractivity (Wildman–Crippen MR) is 102 cm³/mol. The monoisotopic (exact) mass is 380 g/mol. The van der Waals surface area contributed by atoms with Crippen LogP contribution in [0.2, 0.25) is 0 Å². The van der Waals surface area contributed by atoms with Crippen LogP contribution in [0.5, 0.6) is 0 Å². The first kappa shape index (κ1) is 19.3. The van der Waals surface area contributed by atoms with Crippen molar-refractivity contribution < 1.29 is 23.9 Å². The van der Waals surface area contributed by atoms with Gasteiger partial charge in [-0.2, -0.15) is 5.10 Å². The summed E-state index contributed by atoms with van der Waals surface area (Å²) in [6, 6.07) is 14.4. The van der Waals surface area contributed by atoms with Gasteiger partial charge in [0.15, 0.2) is 11.5 Å². The SMILES string of the molecule is CCOC(=O)c1cc(C(=O)OCC)n(CC(=O)c2ccc3ccccc3c2)n1. The Morgan fingerprint density at radius 2 is 1.57 bits per heavy atom. The van der Waals surface area contributed by atoms with Crippen molar-refractivity contribution in [3.05, 3.63) is 65.5 Å². The van der Waals surface area contributed by atoms with Crippen LogP contribution in [0.15, 0.2) is 48.5 Å². The van der Waals surface area contributed by atoms with Gasteiger partial charge in [0.1, 0.15) is 12.2 Å². The molecule has 0 N–H and O–H groups in total. The highest BCUT2D eigenvalue weighted by Crippen LogP contribution is 2.17. The van der Waals surface area contributed by atoms with Gasteiger partial charge in [-0.15, -0.1) is 0 Å². The number of hydrogen-bond acceptors (Lipinski definition) is 6. The highest BCUT2D eigenvalue weighted by Gasteiger charge is 2.22. The van der Waals surface area contributed by atoms with Crippen LogP contribution >= 0.6 is 0 Å². The summed E-state index contributed by atoms with van der Waals surface area (Å²) in [6.45, 7) is 3.48. The Labute approximate surface area is 161 Å². The lowest BCUT2D eigenvalue weighted by Crippen LogP contribution is -2.18. The van der Waals surface area contributed by atoms with Crippen molar-refractivity contribution in [1.82, 2.24) is 9.78 Å². The maximum absolute atomic E-state index is 12.8. The molecule has 0 aliphatic rings. The molecule has 0 amide bonds. The maximum atomic E-state index is 12.8. The quantitative estimate of drug-likeness (QED) is 0.462. The number of benzene rings is 2. The summed E-state index contributed by atoms with van der Waals surface area (Å²) in [6.07, 6.45) is 0. The molecule has 2 aromatic carbocycles. The fourth-order valence-electron chi connectivity index (χ4n) is 2.80. The van der Waals surface area contributed by atoms with Crippen molar-refractivity contribution in [1.29, 1.82) is 0 Å². The van der Waals surface area contributed by atoms with Crippen LogP contribution in [-0.2, 0) is 16.0 Å². The second-order valence-electron chi connectivity index (χ2n) is 6.00. The van der Waals surface area contributed by atoms with Gasteiger partial charge in [0.2, 0.25) is 0 Å². The standard InChI is InChI=1S/C21H20N2O5/c1-3-27-20(25)17-12-18(21(26)28-4-2)23(22-17)13-19(24)16-10-9-14-7-5-6-8-15(14)11-16/h5-12H,3-4,13H2,1-2H3. The normalized spacial score (nSPS) is 10.6. The van der Waals surface area contributed by atoms with Gasteiger partial charge in [-0.1, -0.05) is 36.4 Å². The van der Waals surface area contributed by atoms with Crippen molar-refractivity contribution in [2.24, 2.45) is 0 Å². The molecular weight excluding hydrogens is 360 g/mol. The van der Waals surface area contributed by atoms with E-state index in [4.69, 9.17) is 9.47 Å². The molecular formula is C21H20N2O5. The summed E-state index contributed by atoms with van der Waals surface area (Å²) in [5, 5.41) is 6.04. The molecule has 1 heterocycles.